The van der Waals surface area contributed by atoms with Gasteiger partial charge in [-0.2, -0.15) is 0 Å². The van der Waals surface area contributed by atoms with E-state index in [0.717, 1.165) is 12.3 Å². The van der Waals surface area contributed by atoms with Gasteiger partial charge in [0, 0.05) is 12.3 Å². The maximum absolute atomic E-state index is 11.7. The number of carbonyl (C=O) groups is 3. The van der Waals surface area contributed by atoms with Crippen molar-refractivity contribution < 1.29 is 14.4 Å². The van der Waals surface area contributed by atoms with Crippen molar-refractivity contribution in [2.24, 2.45) is 10.9 Å². The summed E-state index contributed by atoms with van der Waals surface area (Å²) in [4.78, 5) is 37.6. The van der Waals surface area contributed by atoms with Gasteiger partial charge in [0.1, 0.15) is 0 Å². The lowest BCUT2D eigenvalue weighted by Gasteiger charge is -2.21. The maximum atomic E-state index is 11.7. The summed E-state index contributed by atoms with van der Waals surface area (Å²) in [5.41, 5.74) is 0.342. The fourth-order valence-electron chi connectivity index (χ4n) is 2.80. The van der Waals surface area contributed by atoms with E-state index >= 15 is 0 Å². The van der Waals surface area contributed by atoms with E-state index in [4.69, 9.17) is 0 Å². The zero-order chi connectivity index (χ0) is 14.4. The molecule has 4 amide bonds. The highest BCUT2D eigenvalue weighted by atomic mass is 16.2. The summed E-state index contributed by atoms with van der Waals surface area (Å²) in [6.07, 6.45) is 7.52. The second-order valence-electron chi connectivity index (χ2n) is 5.53. The SMILES string of the molecule is O=C(CC1=NC(=O)NC(=O)C1)NCCC1CCCCC1. The van der Waals surface area contributed by atoms with Crippen LogP contribution in [-0.4, -0.2) is 30.1 Å². The third-order valence-electron chi connectivity index (χ3n) is 3.83. The van der Waals surface area contributed by atoms with Gasteiger partial charge in [-0.15, -0.1) is 0 Å². The molecule has 2 rings (SSSR count). The molecule has 1 fully saturated rings. The molecule has 0 atom stereocenters. The van der Waals surface area contributed by atoms with Crippen LogP contribution in [0.2, 0.25) is 0 Å². The molecule has 1 saturated carbocycles. The van der Waals surface area contributed by atoms with Gasteiger partial charge in [-0.3, -0.25) is 14.9 Å². The predicted octanol–water partition coefficient (Wildman–Crippen LogP) is 1.54. The van der Waals surface area contributed by atoms with Gasteiger partial charge in [-0.25, -0.2) is 9.79 Å². The van der Waals surface area contributed by atoms with Crippen molar-refractivity contribution in [1.29, 1.82) is 0 Å². The molecule has 1 aliphatic carbocycles. The van der Waals surface area contributed by atoms with Crippen LogP contribution >= 0.6 is 0 Å². The van der Waals surface area contributed by atoms with Crippen molar-refractivity contribution in [1.82, 2.24) is 10.6 Å². The molecule has 1 aliphatic heterocycles. The minimum atomic E-state index is -0.675. The van der Waals surface area contributed by atoms with E-state index in [-0.39, 0.29) is 18.7 Å². The summed E-state index contributed by atoms with van der Waals surface area (Å²) in [7, 11) is 0. The van der Waals surface area contributed by atoms with Crippen LogP contribution in [0.3, 0.4) is 0 Å². The predicted molar refractivity (Wildman–Crippen MR) is 74.4 cm³/mol. The third-order valence-corrected chi connectivity index (χ3v) is 3.83. The summed E-state index contributed by atoms with van der Waals surface area (Å²) >= 11 is 0. The van der Waals surface area contributed by atoms with Gasteiger partial charge in [-0.1, -0.05) is 32.1 Å². The molecule has 0 aromatic heterocycles. The molecule has 2 N–H and O–H groups in total. The Labute approximate surface area is 118 Å². The topological polar surface area (TPSA) is 87.6 Å². The molecule has 0 radical (unpaired) electrons. The highest BCUT2D eigenvalue weighted by Crippen LogP contribution is 2.25. The molecule has 6 heteroatoms. The normalized spacial score (nSPS) is 20.3. The average Bonchev–Trinajstić information content (AvgIpc) is 2.38. The van der Waals surface area contributed by atoms with Crippen LogP contribution in [0.25, 0.3) is 0 Å². The van der Waals surface area contributed by atoms with E-state index in [2.05, 4.69) is 15.6 Å². The highest BCUT2D eigenvalue weighted by Gasteiger charge is 2.20. The first-order valence-corrected chi connectivity index (χ1v) is 7.30. The number of amides is 4. The fraction of sp³-hybridized carbons (Fsp3) is 0.714. The largest absolute Gasteiger partial charge is 0.356 e. The third kappa shape index (κ3) is 4.75. The molecule has 20 heavy (non-hydrogen) atoms. The van der Waals surface area contributed by atoms with Gasteiger partial charge in [0.25, 0.3) is 0 Å². The minimum absolute atomic E-state index is 0.0295. The Morgan fingerprint density at radius 2 is 2.00 bits per heavy atom. The Balaban J connectivity index is 1.67. The molecule has 110 valence electrons. The number of carbonyl (C=O) groups excluding carboxylic acids is 3. The molecule has 0 spiro atoms. The van der Waals surface area contributed by atoms with E-state index in [0.29, 0.717) is 12.3 Å². The number of rotatable bonds is 5. The van der Waals surface area contributed by atoms with Crippen molar-refractivity contribution in [3.63, 3.8) is 0 Å². The minimum Gasteiger partial charge on any atom is -0.356 e. The summed E-state index contributed by atoms with van der Waals surface area (Å²) in [6.45, 7) is 0.664. The van der Waals surface area contributed by atoms with Gasteiger partial charge in [0.15, 0.2) is 0 Å². The molecule has 0 aromatic rings. The van der Waals surface area contributed by atoms with E-state index < -0.39 is 11.9 Å². The Hall–Kier alpha value is -1.72. The molecule has 1 heterocycles. The first kappa shape index (κ1) is 14.7. The first-order chi connectivity index (χ1) is 9.63. The Morgan fingerprint density at radius 3 is 2.70 bits per heavy atom. The second kappa shape index (κ2) is 7.17. The number of aliphatic imine (C=N–C) groups is 1. The number of nitrogens with zero attached hydrogens (tertiary/aromatic N) is 1. The van der Waals surface area contributed by atoms with E-state index in [1.54, 1.807) is 0 Å². The lowest BCUT2D eigenvalue weighted by atomic mass is 9.87. The van der Waals surface area contributed by atoms with Crippen molar-refractivity contribution >= 4 is 23.6 Å². The number of urea groups is 1. The Kier molecular flexibility index (Phi) is 5.26. The van der Waals surface area contributed by atoms with Gasteiger partial charge in [0.2, 0.25) is 11.8 Å². The van der Waals surface area contributed by atoms with Crippen molar-refractivity contribution in [2.75, 3.05) is 6.54 Å². The molecular weight excluding hydrogens is 258 g/mol. The fourth-order valence-corrected chi connectivity index (χ4v) is 2.80. The van der Waals surface area contributed by atoms with Crippen LogP contribution in [0.5, 0.6) is 0 Å². The zero-order valence-electron chi connectivity index (χ0n) is 11.6. The van der Waals surface area contributed by atoms with E-state index in [9.17, 15) is 14.4 Å². The van der Waals surface area contributed by atoms with Crippen LogP contribution in [0.15, 0.2) is 4.99 Å². The standard InChI is InChI=1S/C14H21N3O3/c18-12(8-11-9-13(19)17-14(20)16-11)15-7-6-10-4-2-1-3-5-10/h10H,1-9H2,(H,15,18)(H,17,19,20). The van der Waals surface area contributed by atoms with Crippen LogP contribution in [0, 0.1) is 5.92 Å². The van der Waals surface area contributed by atoms with Crippen LogP contribution < -0.4 is 10.6 Å². The second-order valence-corrected chi connectivity index (χ2v) is 5.53. The molecular formula is C14H21N3O3. The molecule has 0 unspecified atom stereocenters. The quantitative estimate of drug-likeness (QED) is 0.800. The lowest BCUT2D eigenvalue weighted by Crippen LogP contribution is -2.37. The van der Waals surface area contributed by atoms with Crippen molar-refractivity contribution in [3.8, 4) is 0 Å². The molecule has 0 aromatic carbocycles. The lowest BCUT2D eigenvalue weighted by molar-refractivity contribution is -0.119. The van der Waals surface area contributed by atoms with Gasteiger partial charge >= 0.3 is 6.03 Å². The van der Waals surface area contributed by atoms with Gasteiger partial charge in [-0.05, 0) is 12.3 Å². The van der Waals surface area contributed by atoms with Crippen molar-refractivity contribution in [2.45, 2.75) is 51.4 Å². The van der Waals surface area contributed by atoms with E-state index in [1.807, 2.05) is 0 Å². The molecule has 0 saturated heterocycles. The highest BCUT2D eigenvalue weighted by molar-refractivity contribution is 6.18. The van der Waals surface area contributed by atoms with E-state index in [1.165, 1.54) is 32.1 Å². The van der Waals surface area contributed by atoms with Gasteiger partial charge < -0.3 is 5.32 Å². The number of nitrogens with one attached hydrogen (secondary N) is 2. The maximum Gasteiger partial charge on any atom is 0.347 e. The first-order valence-electron chi connectivity index (χ1n) is 7.30. The summed E-state index contributed by atoms with van der Waals surface area (Å²) < 4.78 is 0. The van der Waals surface area contributed by atoms with Crippen LogP contribution in [-0.2, 0) is 9.59 Å². The summed E-state index contributed by atoms with van der Waals surface area (Å²) in [5, 5.41) is 4.92. The van der Waals surface area contributed by atoms with Crippen molar-refractivity contribution in [3.05, 3.63) is 0 Å². The number of imide groups is 1. The molecule has 0 bridgehead atoms. The van der Waals surface area contributed by atoms with Crippen LogP contribution in [0.4, 0.5) is 4.79 Å². The summed E-state index contributed by atoms with van der Waals surface area (Å²) in [5.74, 6) is 0.167. The monoisotopic (exact) mass is 279 g/mol. The average molecular weight is 279 g/mol. The zero-order valence-corrected chi connectivity index (χ0v) is 11.6. The smallest absolute Gasteiger partial charge is 0.347 e. The molecule has 2 aliphatic rings. The number of hydrogen-bond donors (Lipinski definition) is 2. The summed E-state index contributed by atoms with van der Waals surface area (Å²) in [6, 6.07) is -0.675. The Morgan fingerprint density at radius 1 is 1.25 bits per heavy atom. The Bertz CT molecular complexity index is 425. The number of hydrogen-bond acceptors (Lipinski definition) is 3. The van der Waals surface area contributed by atoms with Gasteiger partial charge in [0.05, 0.1) is 12.8 Å². The molecule has 6 nitrogen and oxygen atoms in total. The van der Waals surface area contributed by atoms with Crippen LogP contribution in [0.1, 0.15) is 51.4 Å².